The molecule has 0 aromatic heterocycles. The van der Waals surface area contributed by atoms with Gasteiger partial charge in [0.25, 0.3) is 0 Å². The van der Waals surface area contributed by atoms with Crippen LogP contribution in [0.3, 0.4) is 0 Å². The van der Waals surface area contributed by atoms with Gasteiger partial charge in [0.15, 0.2) is 0 Å². The smallest absolute Gasteiger partial charge is 0.326 e. The zero-order valence-corrected chi connectivity index (χ0v) is 24.8. The Labute approximate surface area is 250 Å². The number of methoxy groups -OCH3 is 1. The van der Waals surface area contributed by atoms with E-state index in [4.69, 9.17) is 19.3 Å². The van der Waals surface area contributed by atoms with Gasteiger partial charge >= 0.3 is 17.9 Å². The van der Waals surface area contributed by atoms with E-state index in [1.165, 1.54) is 14.2 Å². The molecule has 0 aromatic rings. The minimum absolute atomic E-state index is 0.0288. The van der Waals surface area contributed by atoms with Crippen molar-refractivity contribution in [1.29, 1.82) is 0 Å². The number of amides is 2. The van der Waals surface area contributed by atoms with Crippen molar-refractivity contribution >= 4 is 41.3 Å². The fourth-order valence-corrected chi connectivity index (χ4v) is 3.75. The Balaban J connectivity index is 4.22. The average molecular weight is 620 g/mol. The normalized spacial score (nSPS) is 13.0. The van der Waals surface area contributed by atoms with Crippen LogP contribution < -0.4 is 16.0 Å². The molecule has 0 heterocycles. The maximum atomic E-state index is 12.3. The number of ketones is 2. The van der Waals surface area contributed by atoms with Gasteiger partial charge in [-0.25, -0.2) is 4.79 Å². The zero-order valence-electron chi connectivity index (χ0n) is 24.8. The second-order valence-corrected chi connectivity index (χ2v) is 9.68. The number of ether oxygens (including phenoxy) is 3. The van der Waals surface area contributed by atoms with Crippen LogP contribution in [0.15, 0.2) is 0 Å². The number of likely N-dealkylation sites (N-methyl/N-ethyl adjacent to an activating group) is 1. The molecule has 2 amide bonds. The van der Waals surface area contributed by atoms with E-state index < -0.39 is 54.2 Å². The summed E-state index contributed by atoms with van der Waals surface area (Å²) >= 11 is 0. The van der Waals surface area contributed by atoms with Crippen LogP contribution in [0, 0.1) is 5.92 Å². The Kier molecular flexibility index (Phi) is 22.1. The summed E-state index contributed by atoms with van der Waals surface area (Å²) in [6.45, 7) is 0.532. The SMILES string of the molecule is CN[C@@H](CCC(=O)CCCOCCOCC(=O)N[C@@H](CCC(=O)CC(CCC(=O)NCCOC)C(=O)O)C(=O)O)C(=O)O. The van der Waals surface area contributed by atoms with Crippen LogP contribution >= 0.6 is 0 Å². The third-order valence-electron chi connectivity index (χ3n) is 6.22. The van der Waals surface area contributed by atoms with Crippen LogP contribution in [0.2, 0.25) is 0 Å². The molecule has 0 fully saturated rings. The van der Waals surface area contributed by atoms with Gasteiger partial charge in [-0.3, -0.25) is 28.8 Å². The van der Waals surface area contributed by atoms with Gasteiger partial charge in [0.1, 0.15) is 30.3 Å². The highest BCUT2D eigenvalue weighted by Crippen LogP contribution is 2.15. The molecule has 0 rings (SSSR count). The third kappa shape index (κ3) is 21.0. The van der Waals surface area contributed by atoms with Gasteiger partial charge in [-0.05, 0) is 32.7 Å². The van der Waals surface area contributed by atoms with E-state index in [0.29, 0.717) is 13.0 Å². The van der Waals surface area contributed by atoms with Crippen LogP contribution in [-0.2, 0) is 47.8 Å². The Morgan fingerprint density at radius 3 is 1.91 bits per heavy atom. The minimum atomic E-state index is -1.39. The summed E-state index contributed by atoms with van der Waals surface area (Å²) in [6, 6.07) is -2.16. The van der Waals surface area contributed by atoms with E-state index in [1.807, 2.05) is 0 Å². The van der Waals surface area contributed by atoms with Gasteiger partial charge in [0, 0.05) is 52.4 Å². The molecule has 0 spiro atoms. The summed E-state index contributed by atoms with van der Waals surface area (Å²) < 4.78 is 15.3. The van der Waals surface area contributed by atoms with Crippen LogP contribution in [0.4, 0.5) is 0 Å². The molecule has 43 heavy (non-hydrogen) atoms. The topological polar surface area (TPSA) is 244 Å². The highest BCUT2D eigenvalue weighted by atomic mass is 16.5. The van der Waals surface area contributed by atoms with Crippen molar-refractivity contribution in [3.63, 3.8) is 0 Å². The standard InChI is InChI=1S/C27H45N3O13/c1-28-21(26(37)38)8-6-19(31)4-3-12-42-14-15-43-17-24(34)30-22(27(39)40)9-7-20(32)16-18(25(35)36)5-10-23(33)29-11-13-41-2/h18,21-22,28H,3-17H2,1-2H3,(H,29,33)(H,30,34)(H,35,36)(H,37,38)(H,39,40)/t18?,21-,22-/m0/s1. The van der Waals surface area contributed by atoms with E-state index in [-0.39, 0.29) is 89.4 Å². The van der Waals surface area contributed by atoms with E-state index in [0.717, 1.165) is 0 Å². The molecule has 1 unspecified atom stereocenters. The van der Waals surface area contributed by atoms with Crippen molar-refractivity contribution in [1.82, 2.24) is 16.0 Å². The third-order valence-corrected chi connectivity index (χ3v) is 6.22. The number of carboxylic acids is 3. The van der Waals surface area contributed by atoms with Gasteiger partial charge in [-0.1, -0.05) is 0 Å². The molecule has 0 aliphatic carbocycles. The first-order valence-corrected chi connectivity index (χ1v) is 14.0. The fraction of sp³-hybridized carbons (Fsp3) is 0.741. The lowest BCUT2D eigenvalue weighted by molar-refractivity contribution is -0.145. The molecular formula is C27H45N3O13. The summed E-state index contributed by atoms with van der Waals surface area (Å²) in [5.74, 6) is -6.42. The van der Waals surface area contributed by atoms with Crippen molar-refractivity contribution in [3.8, 4) is 0 Å². The molecule has 3 atom stereocenters. The van der Waals surface area contributed by atoms with E-state index in [2.05, 4.69) is 16.0 Å². The monoisotopic (exact) mass is 619 g/mol. The predicted octanol–water partition coefficient (Wildman–Crippen LogP) is -0.626. The quantitative estimate of drug-likeness (QED) is 0.0598. The number of carboxylic acid groups (broad SMARTS) is 3. The summed E-state index contributed by atoms with van der Waals surface area (Å²) in [4.78, 5) is 81.9. The Hall–Kier alpha value is -3.47. The van der Waals surface area contributed by atoms with Gasteiger partial charge in [-0.15, -0.1) is 0 Å². The Morgan fingerprint density at radius 2 is 1.30 bits per heavy atom. The number of hydrogen-bond acceptors (Lipinski definition) is 11. The van der Waals surface area contributed by atoms with Crippen molar-refractivity contribution in [2.45, 2.75) is 69.9 Å². The van der Waals surface area contributed by atoms with Crippen molar-refractivity contribution in [3.05, 3.63) is 0 Å². The molecule has 0 bridgehead atoms. The van der Waals surface area contributed by atoms with Crippen molar-refractivity contribution in [2.24, 2.45) is 5.92 Å². The number of carbonyl (C=O) groups excluding carboxylic acids is 4. The number of rotatable bonds is 28. The number of nitrogens with one attached hydrogen (secondary N) is 3. The van der Waals surface area contributed by atoms with Gasteiger partial charge < -0.3 is 45.5 Å². The van der Waals surface area contributed by atoms with Crippen molar-refractivity contribution < 1.29 is 63.1 Å². The largest absolute Gasteiger partial charge is 0.481 e. The maximum absolute atomic E-state index is 12.3. The predicted molar refractivity (Wildman–Crippen MR) is 149 cm³/mol. The number of carbonyl (C=O) groups is 7. The first-order valence-electron chi connectivity index (χ1n) is 14.0. The lowest BCUT2D eigenvalue weighted by Crippen LogP contribution is -2.42. The second kappa shape index (κ2) is 24.0. The molecule has 0 aromatic carbocycles. The molecule has 0 saturated heterocycles. The summed E-state index contributed by atoms with van der Waals surface area (Å²) in [5, 5.41) is 35.1. The molecule has 0 aliphatic heterocycles. The molecule has 246 valence electrons. The highest BCUT2D eigenvalue weighted by molar-refractivity contribution is 5.87. The van der Waals surface area contributed by atoms with Crippen LogP contribution in [0.5, 0.6) is 0 Å². The van der Waals surface area contributed by atoms with Crippen LogP contribution in [0.1, 0.15) is 57.8 Å². The van der Waals surface area contributed by atoms with Crippen molar-refractivity contribution in [2.75, 3.05) is 53.7 Å². The van der Waals surface area contributed by atoms with E-state index >= 15 is 0 Å². The lowest BCUT2D eigenvalue weighted by atomic mass is 9.94. The molecular weight excluding hydrogens is 574 g/mol. The Bertz CT molecular complexity index is 913. The number of hydrogen-bond donors (Lipinski definition) is 6. The van der Waals surface area contributed by atoms with Gasteiger partial charge in [0.2, 0.25) is 11.8 Å². The maximum Gasteiger partial charge on any atom is 0.326 e. The number of Topliss-reactive ketones (excluding diaryl/α,β-unsaturated/α-hetero) is 2. The summed E-state index contributed by atoms with van der Waals surface area (Å²) in [7, 11) is 2.98. The molecule has 0 saturated carbocycles. The van der Waals surface area contributed by atoms with E-state index in [9.17, 15) is 43.8 Å². The van der Waals surface area contributed by atoms with E-state index in [1.54, 1.807) is 0 Å². The Morgan fingerprint density at radius 1 is 0.674 bits per heavy atom. The second-order valence-electron chi connectivity index (χ2n) is 9.68. The minimum Gasteiger partial charge on any atom is -0.481 e. The van der Waals surface area contributed by atoms with Crippen LogP contribution in [0.25, 0.3) is 0 Å². The lowest BCUT2D eigenvalue weighted by Gasteiger charge is -2.15. The van der Waals surface area contributed by atoms with Gasteiger partial charge in [0.05, 0.1) is 25.7 Å². The number of aliphatic carboxylic acids is 3. The molecule has 16 heteroatoms. The van der Waals surface area contributed by atoms with Gasteiger partial charge in [-0.2, -0.15) is 0 Å². The average Bonchev–Trinajstić information content (AvgIpc) is 2.94. The molecule has 0 aliphatic rings. The van der Waals surface area contributed by atoms with Crippen LogP contribution in [-0.4, -0.2) is 122 Å². The fourth-order valence-electron chi connectivity index (χ4n) is 3.75. The first kappa shape index (κ1) is 39.5. The summed E-state index contributed by atoms with van der Waals surface area (Å²) in [5.41, 5.74) is 0. The molecule has 16 nitrogen and oxygen atoms in total. The zero-order chi connectivity index (χ0) is 32.6. The highest BCUT2D eigenvalue weighted by Gasteiger charge is 2.25. The summed E-state index contributed by atoms with van der Waals surface area (Å²) in [6.07, 6.45) is -0.0614. The molecule has 0 radical (unpaired) electrons. The molecule has 6 N–H and O–H groups in total. The first-order chi connectivity index (χ1) is 20.4.